The molecule has 1 aromatic carbocycles. The highest BCUT2D eigenvalue weighted by molar-refractivity contribution is 6.32. The molecule has 20 heavy (non-hydrogen) atoms. The number of ether oxygens (including phenoxy) is 1. The predicted octanol–water partition coefficient (Wildman–Crippen LogP) is 2.84. The number of hydrogen-bond acceptors (Lipinski definition) is 3. The van der Waals surface area contributed by atoms with Gasteiger partial charge in [-0.15, -0.1) is 0 Å². The molecule has 4 nitrogen and oxygen atoms in total. The van der Waals surface area contributed by atoms with Gasteiger partial charge in [-0.1, -0.05) is 23.7 Å². The van der Waals surface area contributed by atoms with Crippen molar-refractivity contribution in [3.63, 3.8) is 0 Å². The fourth-order valence-corrected chi connectivity index (χ4v) is 2.70. The summed E-state index contributed by atoms with van der Waals surface area (Å²) >= 11 is 6.18. The molecule has 0 N–H and O–H groups in total. The van der Waals surface area contributed by atoms with Gasteiger partial charge in [0, 0.05) is 12.6 Å². The molecule has 0 saturated heterocycles. The Kier molecular flexibility index (Phi) is 3.36. The summed E-state index contributed by atoms with van der Waals surface area (Å²) in [5, 5.41) is 4.80. The van der Waals surface area contributed by atoms with Crippen molar-refractivity contribution in [2.24, 2.45) is 7.05 Å². The second kappa shape index (κ2) is 5.04. The largest absolute Gasteiger partial charge is 0.372 e. The number of rotatable bonds is 3. The van der Waals surface area contributed by atoms with Gasteiger partial charge in [-0.3, -0.25) is 9.48 Å². The summed E-state index contributed by atoms with van der Waals surface area (Å²) in [6.07, 6.45) is 0.260. The molecule has 2 heterocycles. The van der Waals surface area contributed by atoms with Gasteiger partial charge in [-0.05, 0) is 24.1 Å². The van der Waals surface area contributed by atoms with Gasteiger partial charge in [-0.2, -0.15) is 5.10 Å². The van der Waals surface area contributed by atoms with Crippen LogP contribution in [0.15, 0.2) is 18.2 Å². The fourth-order valence-electron chi connectivity index (χ4n) is 2.47. The molecule has 0 bridgehead atoms. The molecule has 0 amide bonds. The van der Waals surface area contributed by atoms with Gasteiger partial charge in [0.15, 0.2) is 5.78 Å². The number of nitrogens with zero attached hydrogens (tertiary/aromatic N) is 2. The van der Waals surface area contributed by atoms with Crippen LogP contribution in [0.2, 0.25) is 5.02 Å². The zero-order chi connectivity index (χ0) is 14.3. The van der Waals surface area contributed by atoms with Crippen molar-refractivity contribution in [1.29, 1.82) is 0 Å². The first-order chi connectivity index (χ1) is 9.56. The second-order valence-corrected chi connectivity index (χ2v) is 5.42. The van der Waals surface area contributed by atoms with E-state index in [1.54, 1.807) is 11.7 Å². The molecule has 0 atom stereocenters. The van der Waals surface area contributed by atoms with Crippen molar-refractivity contribution in [2.45, 2.75) is 26.6 Å². The summed E-state index contributed by atoms with van der Waals surface area (Å²) in [6, 6.07) is 5.74. The van der Waals surface area contributed by atoms with Gasteiger partial charge in [0.2, 0.25) is 0 Å². The van der Waals surface area contributed by atoms with Gasteiger partial charge in [0.1, 0.15) is 0 Å². The van der Waals surface area contributed by atoms with E-state index in [0.717, 1.165) is 22.5 Å². The van der Waals surface area contributed by atoms with Crippen LogP contribution in [0.5, 0.6) is 0 Å². The Bertz CT molecular complexity index is 691. The van der Waals surface area contributed by atoms with Crippen molar-refractivity contribution < 1.29 is 9.53 Å². The summed E-state index contributed by atoms with van der Waals surface area (Å²) in [4.78, 5) is 12.4. The zero-order valence-electron chi connectivity index (χ0n) is 11.4. The lowest BCUT2D eigenvalue weighted by Crippen LogP contribution is -2.08. The van der Waals surface area contributed by atoms with Crippen LogP contribution in [-0.4, -0.2) is 15.6 Å². The molecule has 0 spiro atoms. The molecule has 104 valence electrons. The minimum atomic E-state index is 0.0459. The number of halogens is 1. The van der Waals surface area contributed by atoms with Gasteiger partial charge in [0.05, 0.1) is 36.0 Å². The molecule has 0 aliphatic carbocycles. The van der Waals surface area contributed by atoms with Crippen LogP contribution < -0.4 is 0 Å². The van der Waals surface area contributed by atoms with Gasteiger partial charge < -0.3 is 4.74 Å². The van der Waals surface area contributed by atoms with E-state index in [1.165, 1.54) is 0 Å². The first-order valence-corrected chi connectivity index (χ1v) is 6.85. The highest BCUT2D eigenvalue weighted by Gasteiger charge is 2.18. The number of carbonyl (C=O) groups excluding carboxylic acids is 1. The van der Waals surface area contributed by atoms with E-state index in [1.807, 2.05) is 25.1 Å². The Morgan fingerprint density at radius 2 is 2.15 bits per heavy atom. The van der Waals surface area contributed by atoms with Crippen LogP contribution in [-0.2, 0) is 31.4 Å². The van der Waals surface area contributed by atoms with Crippen LogP contribution in [0, 0.1) is 6.92 Å². The van der Waals surface area contributed by atoms with Crippen molar-refractivity contribution >= 4 is 17.4 Å². The van der Waals surface area contributed by atoms with E-state index in [-0.39, 0.29) is 12.2 Å². The van der Waals surface area contributed by atoms with Crippen molar-refractivity contribution in [1.82, 2.24) is 9.78 Å². The molecule has 1 aliphatic rings. The van der Waals surface area contributed by atoms with Crippen LogP contribution >= 0.6 is 11.6 Å². The SMILES string of the molecule is Cc1nn(C)c(CC(=O)c2ccc3c(c2)COC3)c1Cl. The number of ketones is 1. The molecular formula is C15H15ClN2O2. The average Bonchev–Trinajstić information content (AvgIpc) is 2.98. The van der Waals surface area contributed by atoms with Crippen molar-refractivity contribution in [2.75, 3.05) is 0 Å². The zero-order valence-corrected chi connectivity index (χ0v) is 12.2. The standard InChI is InChI=1S/C15H15ClN2O2/c1-9-15(16)13(18(2)17-9)6-14(19)10-3-4-11-7-20-8-12(11)5-10/h3-5H,6-8H2,1-2H3. The molecule has 1 aromatic heterocycles. The monoisotopic (exact) mass is 290 g/mol. The maximum Gasteiger partial charge on any atom is 0.168 e. The summed E-state index contributed by atoms with van der Waals surface area (Å²) in [5.41, 5.74) is 4.47. The molecule has 0 fully saturated rings. The van der Waals surface area contributed by atoms with E-state index in [0.29, 0.717) is 23.8 Å². The Hall–Kier alpha value is -1.65. The normalized spacial score (nSPS) is 13.6. The van der Waals surface area contributed by atoms with Crippen molar-refractivity contribution in [3.05, 3.63) is 51.3 Å². The van der Waals surface area contributed by atoms with E-state index in [9.17, 15) is 4.79 Å². The van der Waals surface area contributed by atoms with E-state index < -0.39 is 0 Å². The maximum absolute atomic E-state index is 12.4. The summed E-state index contributed by atoms with van der Waals surface area (Å²) < 4.78 is 7.04. The molecule has 3 rings (SSSR count). The topological polar surface area (TPSA) is 44.1 Å². The lowest BCUT2D eigenvalue weighted by atomic mass is 10.0. The van der Waals surface area contributed by atoms with E-state index in [2.05, 4.69) is 5.10 Å². The van der Waals surface area contributed by atoms with Gasteiger partial charge >= 0.3 is 0 Å². The predicted molar refractivity (Wildman–Crippen MR) is 75.9 cm³/mol. The number of hydrogen-bond donors (Lipinski definition) is 0. The first kappa shape index (κ1) is 13.3. The summed E-state index contributed by atoms with van der Waals surface area (Å²) in [5.74, 6) is 0.0459. The third-order valence-electron chi connectivity index (χ3n) is 3.63. The minimum Gasteiger partial charge on any atom is -0.372 e. The van der Waals surface area contributed by atoms with Crippen LogP contribution in [0.4, 0.5) is 0 Å². The van der Waals surface area contributed by atoms with Gasteiger partial charge in [-0.25, -0.2) is 0 Å². The number of Topliss-reactive ketones (excluding diaryl/α,β-unsaturated/α-hetero) is 1. The highest BCUT2D eigenvalue weighted by atomic mass is 35.5. The quantitative estimate of drug-likeness (QED) is 0.817. The molecule has 2 aromatic rings. The second-order valence-electron chi connectivity index (χ2n) is 5.05. The van der Waals surface area contributed by atoms with Crippen LogP contribution in [0.1, 0.15) is 32.9 Å². The molecule has 0 saturated carbocycles. The first-order valence-electron chi connectivity index (χ1n) is 6.47. The average molecular weight is 291 g/mol. The Morgan fingerprint density at radius 3 is 2.85 bits per heavy atom. The van der Waals surface area contributed by atoms with Crippen LogP contribution in [0.3, 0.4) is 0 Å². The number of aromatic nitrogens is 2. The number of fused-ring (bicyclic) bond motifs is 1. The van der Waals surface area contributed by atoms with Crippen molar-refractivity contribution in [3.8, 4) is 0 Å². The van der Waals surface area contributed by atoms with Crippen LogP contribution in [0.25, 0.3) is 0 Å². The Morgan fingerprint density at radius 1 is 1.40 bits per heavy atom. The Balaban J connectivity index is 1.86. The lowest BCUT2D eigenvalue weighted by Gasteiger charge is -2.05. The third kappa shape index (κ3) is 2.25. The number of carbonyl (C=O) groups is 1. The fraction of sp³-hybridized carbons (Fsp3) is 0.333. The molecule has 0 radical (unpaired) electrons. The molecule has 0 unspecified atom stereocenters. The number of benzene rings is 1. The lowest BCUT2D eigenvalue weighted by molar-refractivity contribution is 0.0990. The molecular weight excluding hydrogens is 276 g/mol. The maximum atomic E-state index is 12.4. The Labute approximate surface area is 122 Å². The highest BCUT2D eigenvalue weighted by Crippen LogP contribution is 2.24. The van der Waals surface area contributed by atoms with E-state index >= 15 is 0 Å². The van der Waals surface area contributed by atoms with E-state index in [4.69, 9.17) is 16.3 Å². The number of aryl methyl sites for hydroxylation is 2. The van der Waals surface area contributed by atoms with Gasteiger partial charge in [0.25, 0.3) is 0 Å². The summed E-state index contributed by atoms with van der Waals surface area (Å²) in [7, 11) is 1.80. The third-order valence-corrected chi connectivity index (χ3v) is 4.12. The molecule has 1 aliphatic heterocycles. The summed E-state index contributed by atoms with van der Waals surface area (Å²) in [6.45, 7) is 3.06. The minimum absolute atomic E-state index is 0.0459. The smallest absolute Gasteiger partial charge is 0.168 e. The molecule has 5 heteroatoms.